The minimum absolute atomic E-state index is 0.0437. The van der Waals surface area contributed by atoms with Crippen LogP contribution in [0.5, 0.6) is 0 Å². The Hall–Kier alpha value is -2.57. The number of carbonyl (C=O) groups excluding carboxylic acids is 1. The Morgan fingerprint density at radius 2 is 1.73 bits per heavy atom. The maximum Gasteiger partial charge on any atom is 0.287 e. The van der Waals surface area contributed by atoms with E-state index < -0.39 is 9.84 Å². The molecule has 1 unspecified atom stereocenters. The van der Waals surface area contributed by atoms with Crippen molar-refractivity contribution in [3.63, 3.8) is 0 Å². The van der Waals surface area contributed by atoms with Gasteiger partial charge in [-0.15, -0.1) is 0 Å². The molecule has 158 valence electrons. The molecular formula is C23H24ClNO4S. The van der Waals surface area contributed by atoms with Crippen LogP contribution >= 0.6 is 11.6 Å². The van der Waals surface area contributed by atoms with E-state index in [9.17, 15) is 13.2 Å². The van der Waals surface area contributed by atoms with Gasteiger partial charge in [0.1, 0.15) is 11.5 Å². The molecule has 0 spiro atoms. The Kier molecular flexibility index (Phi) is 7.34. The smallest absolute Gasteiger partial charge is 0.287 e. The molecule has 7 heteroatoms. The summed E-state index contributed by atoms with van der Waals surface area (Å²) in [6, 6.07) is 19.8. The molecular weight excluding hydrogens is 422 g/mol. The average Bonchev–Trinajstić information content (AvgIpc) is 3.14. The Morgan fingerprint density at radius 1 is 1.00 bits per heavy atom. The predicted molar refractivity (Wildman–Crippen MR) is 118 cm³/mol. The predicted octanol–water partition coefficient (Wildman–Crippen LogP) is 4.80. The van der Waals surface area contributed by atoms with Crippen molar-refractivity contribution in [3.05, 3.63) is 94.4 Å². The number of benzene rings is 2. The molecule has 30 heavy (non-hydrogen) atoms. The first-order chi connectivity index (χ1) is 14.3. The summed E-state index contributed by atoms with van der Waals surface area (Å²) in [4.78, 5) is 12.4. The second-order valence-electron chi connectivity index (χ2n) is 7.33. The summed E-state index contributed by atoms with van der Waals surface area (Å²) in [5.41, 5.74) is 1.82. The fourth-order valence-electron chi connectivity index (χ4n) is 3.12. The lowest BCUT2D eigenvalue weighted by molar-refractivity contribution is 0.0909. The lowest BCUT2D eigenvalue weighted by Gasteiger charge is -2.12. The largest absolute Gasteiger partial charge is 0.455 e. The zero-order valence-corrected chi connectivity index (χ0v) is 18.2. The van der Waals surface area contributed by atoms with Gasteiger partial charge in [0, 0.05) is 11.1 Å². The van der Waals surface area contributed by atoms with Gasteiger partial charge in [-0.1, -0.05) is 54.1 Å². The van der Waals surface area contributed by atoms with Crippen LogP contribution in [0, 0.1) is 0 Å². The van der Waals surface area contributed by atoms with Crippen LogP contribution in [0.2, 0.25) is 5.02 Å². The van der Waals surface area contributed by atoms with Gasteiger partial charge < -0.3 is 9.73 Å². The van der Waals surface area contributed by atoms with Crippen LogP contribution < -0.4 is 5.32 Å². The molecule has 3 rings (SSSR count). The molecule has 1 atom stereocenters. The summed E-state index contributed by atoms with van der Waals surface area (Å²) in [5, 5.41) is 3.38. The second kappa shape index (κ2) is 9.96. The average molecular weight is 446 g/mol. The van der Waals surface area contributed by atoms with Crippen LogP contribution in [0.15, 0.2) is 71.1 Å². The second-order valence-corrected chi connectivity index (χ2v) is 9.83. The van der Waals surface area contributed by atoms with Crippen LogP contribution in [0.4, 0.5) is 0 Å². The van der Waals surface area contributed by atoms with Crippen LogP contribution in [-0.2, 0) is 27.8 Å². The van der Waals surface area contributed by atoms with Crippen LogP contribution in [0.1, 0.15) is 40.8 Å². The van der Waals surface area contributed by atoms with Gasteiger partial charge in [0.05, 0.1) is 5.75 Å². The summed E-state index contributed by atoms with van der Waals surface area (Å²) in [5.74, 6) is -0.439. The summed E-state index contributed by atoms with van der Waals surface area (Å²) in [6.45, 7) is 1.93. The number of sulfone groups is 1. The van der Waals surface area contributed by atoms with Crippen molar-refractivity contribution in [3.8, 4) is 0 Å². The zero-order chi connectivity index (χ0) is 21.6. The Labute approximate surface area is 182 Å². The van der Waals surface area contributed by atoms with Crippen molar-refractivity contribution >= 4 is 27.3 Å². The van der Waals surface area contributed by atoms with E-state index in [4.69, 9.17) is 16.0 Å². The topological polar surface area (TPSA) is 76.4 Å². The van der Waals surface area contributed by atoms with E-state index in [0.29, 0.717) is 10.6 Å². The zero-order valence-electron chi connectivity index (χ0n) is 16.7. The number of rotatable bonds is 9. The molecule has 1 N–H and O–H groups in total. The first kappa shape index (κ1) is 22.1. The fourth-order valence-corrected chi connectivity index (χ4v) is 4.71. The highest BCUT2D eigenvalue weighted by Crippen LogP contribution is 2.18. The van der Waals surface area contributed by atoms with Crippen molar-refractivity contribution in [1.82, 2.24) is 5.32 Å². The first-order valence-electron chi connectivity index (χ1n) is 9.69. The van der Waals surface area contributed by atoms with Gasteiger partial charge in [0.25, 0.3) is 5.91 Å². The molecule has 0 saturated heterocycles. The van der Waals surface area contributed by atoms with E-state index in [1.807, 2.05) is 25.1 Å². The van der Waals surface area contributed by atoms with Crippen molar-refractivity contribution in [1.29, 1.82) is 0 Å². The third-order valence-electron chi connectivity index (χ3n) is 4.61. The quantitative estimate of drug-likeness (QED) is 0.513. The number of nitrogens with one attached hydrogen (secondary N) is 1. The molecule has 2 aromatic carbocycles. The molecule has 1 heterocycles. The van der Waals surface area contributed by atoms with E-state index in [-0.39, 0.29) is 35.0 Å². The Bertz CT molecular complexity index is 1090. The highest BCUT2D eigenvalue weighted by molar-refractivity contribution is 7.89. The minimum atomic E-state index is -3.46. The Morgan fingerprint density at radius 3 is 2.47 bits per heavy atom. The highest BCUT2D eigenvalue weighted by atomic mass is 35.5. The first-order valence-corrected chi connectivity index (χ1v) is 11.9. The van der Waals surface area contributed by atoms with Crippen molar-refractivity contribution in [2.75, 3.05) is 0 Å². The third-order valence-corrected chi connectivity index (χ3v) is 6.34. The number of carbonyl (C=O) groups is 1. The fraction of sp³-hybridized carbons (Fsp3) is 0.261. The van der Waals surface area contributed by atoms with Crippen LogP contribution in [-0.4, -0.2) is 20.4 Å². The molecule has 0 aliphatic heterocycles. The number of halogens is 1. The van der Waals surface area contributed by atoms with E-state index >= 15 is 0 Å². The Balaban J connectivity index is 1.53. The van der Waals surface area contributed by atoms with E-state index in [1.54, 1.807) is 24.3 Å². The monoisotopic (exact) mass is 445 g/mol. The molecule has 0 aliphatic rings. The molecule has 0 aliphatic carbocycles. The lowest BCUT2D eigenvalue weighted by atomic mass is 10.1. The van der Waals surface area contributed by atoms with Crippen LogP contribution in [0.3, 0.4) is 0 Å². The van der Waals surface area contributed by atoms with Gasteiger partial charge in [-0.25, -0.2) is 8.42 Å². The van der Waals surface area contributed by atoms with E-state index in [1.165, 1.54) is 17.7 Å². The molecule has 1 amide bonds. The number of aryl methyl sites for hydroxylation is 1. The van der Waals surface area contributed by atoms with Crippen molar-refractivity contribution in [2.24, 2.45) is 0 Å². The lowest BCUT2D eigenvalue weighted by Crippen LogP contribution is -2.32. The summed E-state index contributed by atoms with van der Waals surface area (Å²) < 4.78 is 30.4. The third kappa shape index (κ3) is 6.75. The molecule has 0 fully saturated rings. The van der Waals surface area contributed by atoms with Gasteiger partial charge in [-0.2, -0.15) is 0 Å². The highest BCUT2D eigenvalue weighted by Gasteiger charge is 2.19. The summed E-state index contributed by atoms with van der Waals surface area (Å²) in [6.07, 6.45) is 1.64. The molecule has 5 nitrogen and oxygen atoms in total. The maximum atomic E-state index is 12.5. The van der Waals surface area contributed by atoms with E-state index in [0.717, 1.165) is 12.8 Å². The number of hydrogen-bond donors (Lipinski definition) is 1. The molecule has 0 bridgehead atoms. The van der Waals surface area contributed by atoms with Gasteiger partial charge in [-0.3, -0.25) is 4.79 Å². The van der Waals surface area contributed by atoms with Gasteiger partial charge in [0.2, 0.25) is 0 Å². The summed E-state index contributed by atoms with van der Waals surface area (Å²) >= 11 is 5.91. The van der Waals surface area contributed by atoms with Crippen molar-refractivity contribution < 1.29 is 17.6 Å². The van der Waals surface area contributed by atoms with Gasteiger partial charge in [-0.05, 0) is 55.2 Å². The SMILES string of the molecule is CC(CCc1ccccc1)NC(=O)c1ccc(CS(=O)(=O)Cc2cccc(Cl)c2)o1. The number of furan rings is 1. The van der Waals surface area contributed by atoms with Gasteiger partial charge in [0.15, 0.2) is 15.6 Å². The normalized spacial score (nSPS) is 12.5. The molecule has 0 radical (unpaired) electrons. The van der Waals surface area contributed by atoms with Gasteiger partial charge >= 0.3 is 0 Å². The standard InChI is InChI=1S/C23H24ClNO4S/c1-17(10-11-18-6-3-2-4-7-18)25-23(26)22-13-12-21(29-22)16-30(27,28)15-19-8-5-9-20(24)14-19/h2-9,12-14,17H,10-11,15-16H2,1H3,(H,25,26). The van der Waals surface area contributed by atoms with Crippen molar-refractivity contribution in [2.45, 2.75) is 37.3 Å². The molecule has 3 aromatic rings. The number of hydrogen-bond acceptors (Lipinski definition) is 4. The summed E-state index contributed by atoms with van der Waals surface area (Å²) in [7, 11) is -3.46. The molecule has 1 aromatic heterocycles. The minimum Gasteiger partial charge on any atom is -0.455 e. The number of amides is 1. The molecule has 0 saturated carbocycles. The van der Waals surface area contributed by atoms with E-state index in [2.05, 4.69) is 17.4 Å². The maximum absolute atomic E-state index is 12.5. The van der Waals surface area contributed by atoms with Crippen LogP contribution in [0.25, 0.3) is 0 Å².